The molecule has 24 heavy (non-hydrogen) atoms. The van der Waals surface area contributed by atoms with Gasteiger partial charge in [-0.2, -0.15) is 0 Å². The Morgan fingerprint density at radius 1 is 1.50 bits per heavy atom. The molecule has 0 saturated carbocycles. The van der Waals surface area contributed by atoms with Gasteiger partial charge >= 0.3 is 0 Å². The summed E-state index contributed by atoms with van der Waals surface area (Å²) in [5, 5.41) is 3.15. The number of hydrogen-bond acceptors (Lipinski definition) is 4. The summed E-state index contributed by atoms with van der Waals surface area (Å²) in [6, 6.07) is 5.60. The number of ether oxygens (including phenoxy) is 2. The number of likely N-dealkylation sites (tertiary alicyclic amines) is 1. The van der Waals surface area contributed by atoms with Gasteiger partial charge in [0, 0.05) is 42.6 Å². The molecule has 3 heterocycles. The van der Waals surface area contributed by atoms with Crippen LogP contribution in [0, 0.1) is 18.8 Å². The standard InChI is InChI=1S/C19H26N2O3/c1-12-13(5-4-6-16(12)23-3)18(22)20-9-14-15-10-21(2)11-19(15)8-7-17(14)24-19/h4-6,14-15,17H,7-11H2,1-3H3,(H,20,22)/t14-,15+,17+,19+/m0/s1. The second-order valence-corrected chi connectivity index (χ2v) is 7.57. The molecule has 4 atom stereocenters. The van der Waals surface area contributed by atoms with Crippen LogP contribution in [0.25, 0.3) is 0 Å². The number of nitrogens with zero attached hydrogens (tertiary/aromatic N) is 1. The molecule has 5 heteroatoms. The summed E-state index contributed by atoms with van der Waals surface area (Å²) >= 11 is 0. The third kappa shape index (κ3) is 2.33. The molecule has 0 aliphatic carbocycles. The molecule has 3 aliphatic rings. The molecule has 4 rings (SSSR count). The Balaban J connectivity index is 1.45. The summed E-state index contributed by atoms with van der Waals surface area (Å²) in [6.45, 7) is 4.73. The lowest BCUT2D eigenvalue weighted by atomic mass is 9.73. The summed E-state index contributed by atoms with van der Waals surface area (Å²) in [5.41, 5.74) is 1.64. The monoisotopic (exact) mass is 330 g/mol. The third-order valence-electron chi connectivity index (χ3n) is 6.20. The number of carbonyl (C=O) groups is 1. The second-order valence-electron chi connectivity index (χ2n) is 7.57. The number of carbonyl (C=O) groups excluding carboxylic acids is 1. The van der Waals surface area contributed by atoms with Crippen LogP contribution >= 0.6 is 0 Å². The van der Waals surface area contributed by atoms with Gasteiger partial charge in [-0.3, -0.25) is 4.79 Å². The lowest BCUT2D eigenvalue weighted by molar-refractivity contribution is 0.00472. The van der Waals surface area contributed by atoms with Gasteiger partial charge in [0.15, 0.2) is 0 Å². The number of benzene rings is 1. The Morgan fingerprint density at radius 3 is 3.12 bits per heavy atom. The quantitative estimate of drug-likeness (QED) is 0.915. The topological polar surface area (TPSA) is 50.8 Å². The molecule has 1 spiro atoms. The first kappa shape index (κ1) is 15.9. The molecule has 2 bridgehead atoms. The van der Waals surface area contributed by atoms with Crippen molar-refractivity contribution in [2.75, 3.05) is 33.8 Å². The number of hydrogen-bond donors (Lipinski definition) is 1. The predicted octanol–water partition coefficient (Wildman–Crippen LogP) is 1.84. The highest BCUT2D eigenvalue weighted by Crippen LogP contribution is 2.54. The van der Waals surface area contributed by atoms with Crippen molar-refractivity contribution >= 4 is 5.91 Å². The van der Waals surface area contributed by atoms with Crippen molar-refractivity contribution in [3.05, 3.63) is 29.3 Å². The van der Waals surface area contributed by atoms with Crippen molar-refractivity contribution < 1.29 is 14.3 Å². The molecule has 1 N–H and O–H groups in total. The van der Waals surface area contributed by atoms with Crippen molar-refractivity contribution in [1.82, 2.24) is 10.2 Å². The Morgan fingerprint density at radius 2 is 2.33 bits per heavy atom. The first-order valence-corrected chi connectivity index (χ1v) is 8.82. The molecule has 3 aliphatic heterocycles. The summed E-state index contributed by atoms with van der Waals surface area (Å²) in [7, 11) is 3.80. The van der Waals surface area contributed by atoms with Crippen LogP contribution in [-0.2, 0) is 4.74 Å². The number of methoxy groups -OCH3 is 1. The highest BCUT2D eigenvalue weighted by atomic mass is 16.5. The average Bonchev–Trinajstić information content (AvgIpc) is 3.19. The fourth-order valence-corrected chi connectivity index (χ4v) is 5.08. The van der Waals surface area contributed by atoms with E-state index in [2.05, 4.69) is 17.3 Å². The Hall–Kier alpha value is -1.59. The van der Waals surface area contributed by atoms with Gasteiger partial charge in [-0.25, -0.2) is 0 Å². The highest BCUT2D eigenvalue weighted by Gasteiger charge is 2.62. The fourth-order valence-electron chi connectivity index (χ4n) is 5.08. The van der Waals surface area contributed by atoms with Crippen molar-refractivity contribution in [3.8, 4) is 5.75 Å². The van der Waals surface area contributed by atoms with Crippen LogP contribution in [0.1, 0.15) is 28.8 Å². The maximum Gasteiger partial charge on any atom is 0.251 e. The largest absolute Gasteiger partial charge is 0.496 e. The van der Waals surface area contributed by atoms with Crippen LogP contribution < -0.4 is 10.1 Å². The van der Waals surface area contributed by atoms with Gasteiger partial charge in [-0.05, 0) is 38.9 Å². The summed E-state index contributed by atoms with van der Waals surface area (Å²) in [6.07, 6.45) is 2.62. The Bertz CT molecular complexity index is 662. The number of likely N-dealkylation sites (N-methyl/N-ethyl adjacent to an activating group) is 1. The summed E-state index contributed by atoms with van der Waals surface area (Å²) < 4.78 is 11.7. The molecule has 5 nitrogen and oxygen atoms in total. The molecular formula is C19H26N2O3. The normalized spacial score (nSPS) is 34.4. The first-order chi connectivity index (χ1) is 11.5. The molecule has 0 aromatic heterocycles. The maximum atomic E-state index is 12.6. The second kappa shape index (κ2) is 5.74. The molecule has 0 radical (unpaired) electrons. The van der Waals surface area contributed by atoms with Gasteiger partial charge in [-0.1, -0.05) is 6.07 Å². The van der Waals surface area contributed by atoms with E-state index in [9.17, 15) is 4.79 Å². The zero-order valence-corrected chi connectivity index (χ0v) is 14.7. The molecule has 0 unspecified atom stereocenters. The molecule has 3 saturated heterocycles. The van der Waals surface area contributed by atoms with Gasteiger partial charge < -0.3 is 19.7 Å². The highest BCUT2D eigenvalue weighted by molar-refractivity contribution is 5.96. The lowest BCUT2D eigenvalue weighted by Gasteiger charge is -2.29. The van der Waals surface area contributed by atoms with Crippen LogP contribution in [-0.4, -0.2) is 56.3 Å². The lowest BCUT2D eigenvalue weighted by Crippen LogP contribution is -2.42. The maximum absolute atomic E-state index is 12.6. The van der Waals surface area contributed by atoms with Gasteiger partial charge in [-0.15, -0.1) is 0 Å². The number of rotatable bonds is 4. The van der Waals surface area contributed by atoms with Crippen LogP contribution in [0.4, 0.5) is 0 Å². The SMILES string of the molecule is COc1cccc(C(=O)NC[C@H]2[C@H]3CN(C)C[C@]34CC[C@H]2O4)c1C. The summed E-state index contributed by atoms with van der Waals surface area (Å²) in [4.78, 5) is 15.0. The van der Waals surface area contributed by atoms with Crippen LogP contribution in [0.2, 0.25) is 0 Å². The van der Waals surface area contributed by atoms with Gasteiger partial charge in [0.2, 0.25) is 0 Å². The molecule has 1 aromatic carbocycles. The van der Waals surface area contributed by atoms with Gasteiger partial charge in [0.05, 0.1) is 18.8 Å². The minimum atomic E-state index is -0.0189. The number of nitrogens with one attached hydrogen (secondary N) is 1. The molecule has 130 valence electrons. The van der Waals surface area contributed by atoms with E-state index in [0.717, 1.165) is 30.8 Å². The number of amides is 1. The van der Waals surface area contributed by atoms with Crippen molar-refractivity contribution in [2.45, 2.75) is 31.5 Å². The van der Waals surface area contributed by atoms with E-state index in [1.54, 1.807) is 7.11 Å². The van der Waals surface area contributed by atoms with Crippen LogP contribution in [0.5, 0.6) is 5.75 Å². The fraction of sp³-hybridized carbons (Fsp3) is 0.632. The smallest absolute Gasteiger partial charge is 0.251 e. The zero-order chi connectivity index (χ0) is 16.9. The summed E-state index contributed by atoms with van der Waals surface area (Å²) in [5.74, 6) is 1.71. The number of fused-ring (bicyclic) bond motifs is 1. The van der Waals surface area contributed by atoms with E-state index in [1.807, 2.05) is 25.1 Å². The van der Waals surface area contributed by atoms with Gasteiger partial charge in [0.1, 0.15) is 5.75 Å². The van der Waals surface area contributed by atoms with Crippen LogP contribution in [0.3, 0.4) is 0 Å². The Labute approximate surface area is 143 Å². The molecule has 1 amide bonds. The first-order valence-electron chi connectivity index (χ1n) is 8.82. The van der Waals surface area contributed by atoms with Crippen molar-refractivity contribution in [2.24, 2.45) is 11.8 Å². The van der Waals surface area contributed by atoms with E-state index in [4.69, 9.17) is 9.47 Å². The van der Waals surface area contributed by atoms with Crippen molar-refractivity contribution in [3.63, 3.8) is 0 Å². The van der Waals surface area contributed by atoms with Crippen LogP contribution in [0.15, 0.2) is 18.2 Å². The van der Waals surface area contributed by atoms with E-state index in [1.165, 1.54) is 6.42 Å². The van der Waals surface area contributed by atoms with E-state index >= 15 is 0 Å². The molecule has 3 fully saturated rings. The molecular weight excluding hydrogens is 304 g/mol. The molecule has 1 aromatic rings. The minimum Gasteiger partial charge on any atom is -0.496 e. The van der Waals surface area contributed by atoms with E-state index < -0.39 is 0 Å². The van der Waals surface area contributed by atoms with E-state index in [0.29, 0.717) is 30.0 Å². The van der Waals surface area contributed by atoms with E-state index in [-0.39, 0.29) is 11.5 Å². The predicted molar refractivity (Wildman–Crippen MR) is 91.4 cm³/mol. The average molecular weight is 330 g/mol. The third-order valence-corrected chi connectivity index (χ3v) is 6.20. The Kier molecular flexibility index (Phi) is 3.81. The van der Waals surface area contributed by atoms with Crippen molar-refractivity contribution in [1.29, 1.82) is 0 Å². The van der Waals surface area contributed by atoms with Gasteiger partial charge in [0.25, 0.3) is 5.91 Å². The minimum absolute atomic E-state index is 0.0189. The zero-order valence-electron chi connectivity index (χ0n) is 14.7.